The highest BCUT2D eigenvalue weighted by molar-refractivity contribution is 6.36. The quantitative estimate of drug-likeness (QED) is 0.849. The van der Waals surface area contributed by atoms with Gasteiger partial charge in [-0.25, -0.2) is 0 Å². The number of halogens is 2. The van der Waals surface area contributed by atoms with E-state index in [-0.39, 0.29) is 12.5 Å². The Morgan fingerprint density at radius 1 is 1.42 bits per heavy atom. The number of carbonyl (C=O) groups excluding carboxylic acids is 1. The lowest BCUT2D eigenvalue weighted by atomic mass is 10.1. The number of rotatable bonds is 6. The summed E-state index contributed by atoms with van der Waals surface area (Å²) in [5, 5.41) is 13.3. The molecule has 0 aromatic heterocycles. The number of hydrogen-bond acceptors (Lipinski definition) is 3. The van der Waals surface area contributed by atoms with Crippen molar-refractivity contribution in [2.24, 2.45) is 0 Å². The van der Waals surface area contributed by atoms with E-state index >= 15 is 0 Å². The number of carbonyl (C=O) groups is 1. The molecule has 106 valence electrons. The molecule has 0 aliphatic carbocycles. The molecule has 0 aliphatic rings. The molecular formula is C13H17Cl2NO3. The van der Waals surface area contributed by atoms with Gasteiger partial charge in [-0.05, 0) is 26.0 Å². The second-order valence-electron chi connectivity index (χ2n) is 3.99. The first-order chi connectivity index (χ1) is 8.97. The monoisotopic (exact) mass is 305 g/mol. The lowest BCUT2D eigenvalue weighted by Crippen LogP contribution is -2.37. The summed E-state index contributed by atoms with van der Waals surface area (Å²) in [6.45, 7) is 3.93. The van der Waals surface area contributed by atoms with Gasteiger partial charge in [0.05, 0.1) is 6.10 Å². The first-order valence-corrected chi connectivity index (χ1v) is 6.74. The molecule has 0 saturated heterocycles. The number of nitrogens with one attached hydrogen (secondary N) is 1. The van der Waals surface area contributed by atoms with Crippen LogP contribution in [-0.4, -0.2) is 30.3 Å². The van der Waals surface area contributed by atoms with E-state index in [1.165, 1.54) is 0 Å². The van der Waals surface area contributed by atoms with Crippen molar-refractivity contribution in [1.29, 1.82) is 0 Å². The van der Waals surface area contributed by atoms with Gasteiger partial charge in [0.1, 0.15) is 6.10 Å². The van der Waals surface area contributed by atoms with E-state index in [1.54, 1.807) is 25.1 Å². The summed E-state index contributed by atoms with van der Waals surface area (Å²) in [6.07, 6.45) is -1.52. The molecule has 0 fully saturated rings. The summed E-state index contributed by atoms with van der Waals surface area (Å²) in [4.78, 5) is 11.6. The Bertz CT molecular complexity index is 420. The third-order valence-corrected chi connectivity index (χ3v) is 3.25. The number of aliphatic hydroxyl groups is 1. The normalized spacial score (nSPS) is 13.9. The zero-order valence-corrected chi connectivity index (χ0v) is 12.3. The van der Waals surface area contributed by atoms with Gasteiger partial charge in [0, 0.05) is 28.8 Å². The van der Waals surface area contributed by atoms with E-state index in [2.05, 4.69) is 5.32 Å². The maximum absolute atomic E-state index is 11.6. The fourth-order valence-corrected chi connectivity index (χ4v) is 2.25. The molecule has 0 unspecified atom stereocenters. The van der Waals surface area contributed by atoms with Crippen molar-refractivity contribution in [1.82, 2.24) is 5.32 Å². The van der Waals surface area contributed by atoms with Crippen LogP contribution in [0.2, 0.25) is 10.0 Å². The van der Waals surface area contributed by atoms with Crippen molar-refractivity contribution in [2.75, 3.05) is 13.2 Å². The maximum Gasteiger partial charge on any atom is 0.248 e. The number of hydrogen-bond donors (Lipinski definition) is 2. The molecule has 1 aromatic carbocycles. The molecule has 6 heteroatoms. The zero-order chi connectivity index (χ0) is 14.4. The second-order valence-corrected chi connectivity index (χ2v) is 4.81. The van der Waals surface area contributed by atoms with E-state index in [4.69, 9.17) is 27.9 Å². The van der Waals surface area contributed by atoms with E-state index in [9.17, 15) is 9.90 Å². The Kier molecular flexibility index (Phi) is 6.58. The first kappa shape index (κ1) is 16.2. The van der Waals surface area contributed by atoms with Crippen molar-refractivity contribution in [3.63, 3.8) is 0 Å². The molecular weight excluding hydrogens is 289 g/mol. The second kappa shape index (κ2) is 7.70. The van der Waals surface area contributed by atoms with Gasteiger partial charge in [-0.1, -0.05) is 29.3 Å². The standard InChI is InChI=1S/C13H17Cl2NO3/c1-3-19-8(2)13(18)16-7-11(17)12-9(14)5-4-6-10(12)15/h4-6,8,11,17H,3,7H2,1-2H3,(H,16,18)/t8-,11+/m0/s1. The van der Waals surface area contributed by atoms with Crippen LogP contribution in [0.4, 0.5) is 0 Å². The van der Waals surface area contributed by atoms with Crippen LogP contribution in [0.15, 0.2) is 18.2 Å². The predicted octanol–water partition coefficient (Wildman–Crippen LogP) is 2.57. The Hall–Kier alpha value is -0.810. The van der Waals surface area contributed by atoms with Crippen molar-refractivity contribution >= 4 is 29.1 Å². The van der Waals surface area contributed by atoms with E-state index in [1.807, 2.05) is 6.92 Å². The highest BCUT2D eigenvalue weighted by atomic mass is 35.5. The van der Waals surface area contributed by atoms with Crippen LogP contribution in [0.5, 0.6) is 0 Å². The van der Waals surface area contributed by atoms with Crippen LogP contribution in [0.25, 0.3) is 0 Å². The fourth-order valence-electron chi connectivity index (χ4n) is 1.60. The number of ether oxygens (including phenoxy) is 1. The fraction of sp³-hybridized carbons (Fsp3) is 0.462. The average molecular weight is 306 g/mol. The molecule has 19 heavy (non-hydrogen) atoms. The van der Waals surface area contributed by atoms with Gasteiger partial charge < -0.3 is 15.2 Å². The largest absolute Gasteiger partial charge is 0.386 e. The molecule has 0 aliphatic heterocycles. The molecule has 0 spiro atoms. The van der Waals surface area contributed by atoms with Crippen molar-refractivity contribution in [3.05, 3.63) is 33.8 Å². The minimum Gasteiger partial charge on any atom is -0.386 e. The van der Waals surface area contributed by atoms with Crippen LogP contribution >= 0.6 is 23.2 Å². The van der Waals surface area contributed by atoms with Gasteiger partial charge in [0.15, 0.2) is 0 Å². The first-order valence-electron chi connectivity index (χ1n) is 5.98. The summed E-state index contributed by atoms with van der Waals surface area (Å²) in [5.74, 6) is -0.288. The number of aliphatic hydroxyl groups excluding tert-OH is 1. The number of amides is 1. The predicted molar refractivity (Wildman–Crippen MR) is 75.5 cm³/mol. The number of benzene rings is 1. The Morgan fingerprint density at radius 2 is 2.00 bits per heavy atom. The van der Waals surface area contributed by atoms with Crippen LogP contribution in [0.3, 0.4) is 0 Å². The minimum absolute atomic E-state index is 0.0275. The average Bonchev–Trinajstić information content (AvgIpc) is 2.36. The van der Waals surface area contributed by atoms with E-state index in [0.29, 0.717) is 22.2 Å². The topological polar surface area (TPSA) is 58.6 Å². The van der Waals surface area contributed by atoms with E-state index in [0.717, 1.165) is 0 Å². The smallest absolute Gasteiger partial charge is 0.248 e. The maximum atomic E-state index is 11.6. The molecule has 0 bridgehead atoms. The Balaban J connectivity index is 2.61. The van der Waals surface area contributed by atoms with Crippen molar-refractivity contribution in [3.8, 4) is 0 Å². The molecule has 1 amide bonds. The summed E-state index contributed by atoms with van der Waals surface area (Å²) >= 11 is 11.9. The van der Waals surface area contributed by atoms with Gasteiger partial charge >= 0.3 is 0 Å². The summed E-state index contributed by atoms with van der Waals surface area (Å²) < 4.78 is 5.14. The van der Waals surface area contributed by atoms with Crippen LogP contribution < -0.4 is 5.32 Å². The van der Waals surface area contributed by atoms with Gasteiger partial charge in [0.2, 0.25) is 5.91 Å². The van der Waals surface area contributed by atoms with Crippen LogP contribution in [-0.2, 0) is 9.53 Å². The van der Waals surface area contributed by atoms with Crippen molar-refractivity contribution in [2.45, 2.75) is 26.1 Å². The lowest BCUT2D eigenvalue weighted by Gasteiger charge is -2.17. The zero-order valence-electron chi connectivity index (χ0n) is 10.8. The molecule has 2 N–H and O–H groups in total. The SMILES string of the molecule is CCO[C@@H](C)C(=O)NC[C@@H](O)c1c(Cl)cccc1Cl. The van der Waals surface area contributed by atoms with Gasteiger partial charge in [-0.2, -0.15) is 0 Å². The van der Waals surface area contributed by atoms with E-state index < -0.39 is 12.2 Å². The molecule has 1 rings (SSSR count). The molecule has 0 heterocycles. The molecule has 2 atom stereocenters. The van der Waals surface area contributed by atoms with Crippen LogP contribution in [0.1, 0.15) is 25.5 Å². The highest BCUT2D eigenvalue weighted by Crippen LogP contribution is 2.29. The third kappa shape index (κ3) is 4.66. The molecule has 0 radical (unpaired) electrons. The summed E-state index contributed by atoms with van der Waals surface area (Å²) in [5.41, 5.74) is 0.412. The molecule has 1 aromatic rings. The van der Waals surface area contributed by atoms with Gasteiger partial charge in [-0.15, -0.1) is 0 Å². The highest BCUT2D eigenvalue weighted by Gasteiger charge is 2.18. The summed E-state index contributed by atoms with van der Waals surface area (Å²) in [7, 11) is 0. The van der Waals surface area contributed by atoms with Crippen LogP contribution in [0, 0.1) is 0 Å². The Morgan fingerprint density at radius 3 is 2.53 bits per heavy atom. The third-order valence-electron chi connectivity index (χ3n) is 2.59. The Labute approximate surface area is 122 Å². The summed E-state index contributed by atoms with van der Waals surface area (Å²) in [6, 6.07) is 4.96. The minimum atomic E-state index is -0.959. The van der Waals surface area contributed by atoms with Gasteiger partial charge in [0.25, 0.3) is 0 Å². The molecule has 0 saturated carbocycles. The van der Waals surface area contributed by atoms with Gasteiger partial charge in [-0.3, -0.25) is 4.79 Å². The molecule has 4 nitrogen and oxygen atoms in total. The lowest BCUT2D eigenvalue weighted by molar-refractivity contribution is -0.131. The van der Waals surface area contributed by atoms with Crippen molar-refractivity contribution < 1.29 is 14.6 Å².